The second-order valence-electron chi connectivity index (χ2n) is 7.65. The highest BCUT2D eigenvalue weighted by Crippen LogP contribution is 2.34. The Morgan fingerprint density at radius 2 is 1.97 bits per heavy atom. The molecule has 32 heavy (non-hydrogen) atoms. The number of nitrogens with zero attached hydrogens (tertiary/aromatic N) is 2. The molecule has 9 heteroatoms. The maximum atomic E-state index is 13.2. The van der Waals surface area contributed by atoms with E-state index in [9.17, 15) is 8.42 Å². The molecule has 0 aliphatic carbocycles. The molecule has 4 aromatic rings. The van der Waals surface area contributed by atoms with Crippen molar-refractivity contribution in [2.24, 2.45) is 0 Å². The molecule has 0 spiro atoms. The molecule has 3 heterocycles. The number of nitrogens with one attached hydrogen (secondary N) is 3. The monoisotopic (exact) mass is 451 g/mol. The molecule has 0 saturated carbocycles. The van der Waals surface area contributed by atoms with Gasteiger partial charge in [-0.15, -0.1) is 0 Å². The molecule has 1 aliphatic heterocycles. The van der Waals surface area contributed by atoms with Crippen molar-refractivity contribution in [1.29, 1.82) is 0 Å². The molecule has 5 rings (SSSR count). The van der Waals surface area contributed by atoms with Crippen LogP contribution in [0.4, 0.5) is 11.4 Å². The average molecular weight is 452 g/mol. The van der Waals surface area contributed by atoms with Crippen LogP contribution in [-0.4, -0.2) is 55.5 Å². The molecule has 0 bridgehead atoms. The Labute approximate surface area is 186 Å². The van der Waals surface area contributed by atoms with Gasteiger partial charge in [-0.05, 0) is 43.3 Å². The maximum Gasteiger partial charge on any atom is 0.243 e. The van der Waals surface area contributed by atoms with Crippen LogP contribution in [0.15, 0.2) is 59.6 Å². The van der Waals surface area contributed by atoms with Crippen molar-refractivity contribution >= 4 is 43.3 Å². The van der Waals surface area contributed by atoms with Crippen LogP contribution >= 0.6 is 0 Å². The van der Waals surface area contributed by atoms with Gasteiger partial charge >= 0.3 is 0 Å². The number of pyridine rings is 1. The lowest BCUT2D eigenvalue weighted by Gasteiger charge is -2.26. The topological polar surface area (TPSA) is 99.3 Å². The highest BCUT2D eigenvalue weighted by molar-refractivity contribution is 7.89. The van der Waals surface area contributed by atoms with Gasteiger partial charge in [0.05, 0.1) is 22.6 Å². The zero-order chi connectivity index (χ0) is 22.1. The van der Waals surface area contributed by atoms with Crippen LogP contribution in [0.5, 0.6) is 5.75 Å². The van der Waals surface area contributed by atoms with Gasteiger partial charge < -0.3 is 20.4 Å². The lowest BCUT2D eigenvalue weighted by molar-refractivity contribution is 0.340. The fraction of sp³-hybridized carbons (Fsp3) is 0.261. The number of sulfonamides is 1. The van der Waals surface area contributed by atoms with Crippen molar-refractivity contribution in [3.63, 3.8) is 0 Å². The zero-order valence-corrected chi connectivity index (χ0v) is 18.6. The quantitative estimate of drug-likeness (QED) is 0.415. The van der Waals surface area contributed by atoms with Gasteiger partial charge in [-0.1, -0.05) is 6.07 Å². The molecule has 1 fully saturated rings. The Balaban J connectivity index is 1.59. The molecule has 0 amide bonds. The summed E-state index contributed by atoms with van der Waals surface area (Å²) in [6.45, 7) is 4.80. The third-order valence-electron chi connectivity index (χ3n) is 5.60. The fourth-order valence-electron chi connectivity index (χ4n) is 4.08. The van der Waals surface area contributed by atoms with Gasteiger partial charge in [0, 0.05) is 55.0 Å². The van der Waals surface area contributed by atoms with Crippen molar-refractivity contribution in [1.82, 2.24) is 19.6 Å². The summed E-state index contributed by atoms with van der Waals surface area (Å²) in [6, 6.07) is 14.8. The number of ether oxygens (including phenoxy) is 1. The van der Waals surface area contributed by atoms with Gasteiger partial charge in [0.15, 0.2) is 0 Å². The number of hydrogen-bond donors (Lipinski definition) is 3. The molecular weight excluding hydrogens is 426 g/mol. The first kappa shape index (κ1) is 20.7. The lowest BCUT2D eigenvalue weighted by atomic mass is 10.1. The molecule has 0 radical (unpaired) electrons. The highest BCUT2D eigenvalue weighted by atomic mass is 32.2. The van der Waals surface area contributed by atoms with Crippen LogP contribution in [0.2, 0.25) is 0 Å². The summed E-state index contributed by atoms with van der Waals surface area (Å²) in [4.78, 5) is 8.05. The van der Waals surface area contributed by atoms with Crippen molar-refractivity contribution in [3.8, 4) is 5.75 Å². The SMILES string of the molecule is CCOc1cccc(Nc2ccnc3[nH]c4ccc(S(=O)(=O)N5CCNCC5)cc4c23)c1. The Morgan fingerprint density at radius 1 is 1.12 bits per heavy atom. The van der Waals surface area contributed by atoms with Crippen LogP contribution in [-0.2, 0) is 10.0 Å². The largest absolute Gasteiger partial charge is 0.494 e. The summed E-state index contributed by atoms with van der Waals surface area (Å²) in [5.74, 6) is 0.783. The number of aromatic nitrogens is 2. The third kappa shape index (κ3) is 3.79. The van der Waals surface area contributed by atoms with Crippen molar-refractivity contribution in [3.05, 3.63) is 54.7 Å². The zero-order valence-electron chi connectivity index (χ0n) is 17.8. The van der Waals surface area contributed by atoms with E-state index in [1.807, 2.05) is 43.3 Å². The molecule has 0 atom stereocenters. The van der Waals surface area contributed by atoms with E-state index in [2.05, 4.69) is 20.6 Å². The van der Waals surface area contributed by atoms with Crippen LogP contribution in [0.25, 0.3) is 21.9 Å². The Kier molecular flexibility index (Phi) is 5.46. The van der Waals surface area contributed by atoms with Crippen molar-refractivity contribution in [2.45, 2.75) is 11.8 Å². The Bertz CT molecular complexity index is 1380. The van der Waals surface area contributed by atoms with E-state index >= 15 is 0 Å². The second kappa shape index (κ2) is 8.42. The van der Waals surface area contributed by atoms with Crippen LogP contribution in [0, 0.1) is 0 Å². The minimum Gasteiger partial charge on any atom is -0.494 e. The number of H-pyrrole nitrogens is 1. The van der Waals surface area contributed by atoms with E-state index in [0.29, 0.717) is 43.3 Å². The first-order chi connectivity index (χ1) is 15.6. The number of anilines is 2. The first-order valence-electron chi connectivity index (χ1n) is 10.7. The highest BCUT2D eigenvalue weighted by Gasteiger charge is 2.26. The van der Waals surface area contributed by atoms with Gasteiger partial charge in [0.1, 0.15) is 11.4 Å². The number of piperazine rings is 1. The van der Waals surface area contributed by atoms with Gasteiger partial charge in [-0.25, -0.2) is 13.4 Å². The van der Waals surface area contributed by atoms with Gasteiger partial charge in [-0.2, -0.15) is 4.31 Å². The number of rotatable bonds is 6. The predicted molar refractivity (Wildman–Crippen MR) is 126 cm³/mol. The van der Waals surface area contributed by atoms with E-state index in [1.165, 1.54) is 4.31 Å². The minimum absolute atomic E-state index is 0.293. The fourth-order valence-corrected chi connectivity index (χ4v) is 5.55. The standard InChI is InChI=1S/C23H25N5O3S/c1-2-31-17-5-3-4-16(14-17)26-21-8-9-25-23-22(21)19-15-18(6-7-20(19)27-23)32(29,30)28-12-10-24-11-13-28/h3-9,14-15,24H,2,10-13H2,1H3,(H2,25,26,27). The first-order valence-corrected chi connectivity index (χ1v) is 12.1. The summed E-state index contributed by atoms with van der Waals surface area (Å²) in [6.07, 6.45) is 1.73. The summed E-state index contributed by atoms with van der Waals surface area (Å²) in [5, 5.41) is 8.29. The van der Waals surface area contributed by atoms with Crippen LogP contribution in [0.3, 0.4) is 0 Å². The molecule has 2 aromatic heterocycles. The predicted octanol–water partition coefficient (Wildman–Crippen LogP) is 3.45. The summed E-state index contributed by atoms with van der Waals surface area (Å²) in [5.41, 5.74) is 3.25. The number of benzene rings is 2. The molecule has 8 nitrogen and oxygen atoms in total. The van der Waals surface area contributed by atoms with Crippen molar-refractivity contribution in [2.75, 3.05) is 38.1 Å². The Morgan fingerprint density at radius 3 is 2.78 bits per heavy atom. The minimum atomic E-state index is -3.56. The van der Waals surface area contributed by atoms with E-state index in [0.717, 1.165) is 33.4 Å². The Hall–Kier alpha value is -3.14. The maximum absolute atomic E-state index is 13.2. The molecule has 2 aromatic carbocycles. The number of aromatic amines is 1. The van der Waals surface area contributed by atoms with Crippen LogP contribution in [0.1, 0.15) is 6.92 Å². The lowest BCUT2D eigenvalue weighted by Crippen LogP contribution is -2.46. The van der Waals surface area contributed by atoms with E-state index < -0.39 is 10.0 Å². The smallest absolute Gasteiger partial charge is 0.243 e. The second-order valence-corrected chi connectivity index (χ2v) is 9.59. The third-order valence-corrected chi connectivity index (χ3v) is 7.50. The molecule has 1 aliphatic rings. The molecular formula is C23H25N5O3S. The summed E-state index contributed by atoms with van der Waals surface area (Å²) >= 11 is 0. The van der Waals surface area contributed by atoms with Gasteiger partial charge in [0.25, 0.3) is 0 Å². The average Bonchev–Trinajstić information content (AvgIpc) is 3.19. The van der Waals surface area contributed by atoms with Gasteiger partial charge in [0.2, 0.25) is 10.0 Å². The molecule has 0 unspecified atom stereocenters. The van der Waals surface area contributed by atoms with Crippen LogP contribution < -0.4 is 15.4 Å². The van der Waals surface area contributed by atoms with Crippen molar-refractivity contribution < 1.29 is 13.2 Å². The van der Waals surface area contributed by atoms with E-state index in [-0.39, 0.29) is 0 Å². The molecule has 3 N–H and O–H groups in total. The number of fused-ring (bicyclic) bond motifs is 3. The van der Waals surface area contributed by atoms with E-state index in [1.54, 1.807) is 18.3 Å². The molecule has 166 valence electrons. The van der Waals surface area contributed by atoms with Gasteiger partial charge in [-0.3, -0.25) is 0 Å². The number of hydrogen-bond acceptors (Lipinski definition) is 6. The summed E-state index contributed by atoms with van der Waals surface area (Å²) < 4.78 is 33.6. The normalized spacial score (nSPS) is 15.3. The molecule has 1 saturated heterocycles. The van der Waals surface area contributed by atoms with E-state index in [4.69, 9.17) is 4.74 Å². The summed E-state index contributed by atoms with van der Waals surface area (Å²) in [7, 11) is -3.56.